The summed E-state index contributed by atoms with van der Waals surface area (Å²) in [5.41, 5.74) is 27.2. The van der Waals surface area contributed by atoms with E-state index in [2.05, 4.69) is 339 Å². The van der Waals surface area contributed by atoms with Crippen LogP contribution in [0.15, 0.2) is 279 Å². The Bertz CT molecular complexity index is 6440. The fourth-order valence-electron chi connectivity index (χ4n) is 17.8. The summed E-state index contributed by atoms with van der Waals surface area (Å²) in [7, 11) is 0. The summed E-state index contributed by atoms with van der Waals surface area (Å²) in [5, 5.41) is 17.5. The van der Waals surface area contributed by atoms with Crippen molar-refractivity contribution >= 4 is 143 Å². The van der Waals surface area contributed by atoms with E-state index >= 15 is 0 Å². The van der Waals surface area contributed by atoms with Crippen molar-refractivity contribution < 1.29 is 0 Å². The topological polar surface area (TPSA) is 32.6 Å². The molecule has 0 radical (unpaired) electrons. The molecule has 5 nitrogen and oxygen atoms in total. The van der Waals surface area contributed by atoms with Gasteiger partial charge in [-0.1, -0.05) is 242 Å². The molecule has 0 saturated carbocycles. The van der Waals surface area contributed by atoms with Crippen LogP contribution in [0.25, 0.3) is 176 Å². The molecule has 14 aromatic carbocycles. The third-order valence-electron chi connectivity index (χ3n) is 22.1. The highest BCUT2D eigenvalue weighted by Crippen LogP contribution is 2.50. The number of nitrogens with zero attached hydrogens (tertiary/aromatic N) is 5. The van der Waals surface area contributed by atoms with Crippen LogP contribution in [-0.4, -0.2) is 30.0 Å². The van der Waals surface area contributed by atoms with Crippen molar-refractivity contribution in [2.75, 3.05) is 0 Å². The summed E-state index contributed by atoms with van der Waals surface area (Å²) in [6, 6.07) is 102. The molecule has 0 bridgehead atoms. The lowest BCUT2D eigenvalue weighted by atomic mass is 9.34. The Labute approximate surface area is 561 Å². The van der Waals surface area contributed by atoms with Crippen molar-refractivity contribution in [2.24, 2.45) is 0 Å². The predicted molar refractivity (Wildman–Crippen MR) is 412 cm³/mol. The largest absolute Gasteiger partial charge is 0.310 e. The minimum atomic E-state index is -0.180. The van der Waals surface area contributed by atoms with Crippen molar-refractivity contribution in [3.63, 3.8) is 0 Å². The Morgan fingerprint density at radius 1 is 0.278 bits per heavy atom. The Morgan fingerprint density at radius 2 is 0.711 bits per heavy atom. The molecule has 5 aromatic heterocycles. The van der Waals surface area contributed by atoms with E-state index in [1.54, 1.807) is 0 Å². The van der Waals surface area contributed by atoms with Crippen LogP contribution in [0.3, 0.4) is 0 Å². The van der Waals surface area contributed by atoms with Crippen LogP contribution in [0.1, 0.15) is 52.7 Å². The second-order valence-corrected chi connectivity index (χ2v) is 29.4. The van der Waals surface area contributed by atoms with Crippen molar-refractivity contribution in [3.8, 4) is 56.1 Å². The number of fused-ring (bicyclic) bond motifs is 23. The average molecular weight is 1240 g/mol. The van der Waals surface area contributed by atoms with Gasteiger partial charge in [-0.25, -0.2) is 0 Å². The minimum absolute atomic E-state index is 0.0841. The molecule has 0 saturated heterocycles. The molecular formula is C91H64BN5. The van der Waals surface area contributed by atoms with Crippen LogP contribution < -0.4 is 16.4 Å². The number of rotatable bonds is 5. The zero-order valence-electron chi connectivity index (χ0n) is 54.9. The molecule has 0 atom stereocenters. The first-order valence-corrected chi connectivity index (χ1v) is 34.2. The van der Waals surface area contributed by atoms with Crippen molar-refractivity contribution in [3.05, 3.63) is 290 Å². The average Bonchev–Trinajstić information content (AvgIpc) is 1.52. The maximum absolute atomic E-state index is 5.39. The van der Waals surface area contributed by atoms with Crippen LogP contribution in [0, 0.1) is 0 Å². The van der Waals surface area contributed by atoms with E-state index < -0.39 is 0 Å². The number of para-hydroxylation sites is 4. The van der Waals surface area contributed by atoms with Gasteiger partial charge in [0.25, 0.3) is 6.71 Å². The monoisotopic (exact) mass is 1240 g/mol. The maximum atomic E-state index is 5.39. The zero-order valence-corrected chi connectivity index (χ0v) is 54.9. The molecule has 2 aliphatic heterocycles. The third kappa shape index (κ3) is 7.42. The van der Waals surface area contributed by atoms with Gasteiger partial charge >= 0.3 is 0 Å². The first kappa shape index (κ1) is 54.6. The SMILES string of the molecule is CC(C)(C)c1ccc2c(c1)c1cc(C(C)(C)C)cc3c1n2-c1cc(-c2c(-n4c5ccccc5c5ccccc54)cncc2-n2c4ccccc4c4ccccc42)cc2c1B3c1cc(-c3ccccc3-c3ccccc3)cc3c4c5c6ccccc6c6ccccc6c5ccc4n-2c13. The van der Waals surface area contributed by atoms with Gasteiger partial charge in [0.1, 0.15) is 0 Å². The first-order valence-electron chi connectivity index (χ1n) is 34.2. The summed E-state index contributed by atoms with van der Waals surface area (Å²) in [6.45, 7) is 14.1. The van der Waals surface area contributed by atoms with E-state index in [4.69, 9.17) is 4.98 Å². The van der Waals surface area contributed by atoms with Crippen LogP contribution in [0.4, 0.5) is 0 Å². The second-order valence-electron chi connectivity index (χ2n) is 29.4. The van der Waals surface area contributed by atoms with Gasteiger partial charge in [-0.05, 0) is 160 Å². The molecule has 0 spiro atoms. The Balaban J connectivity index is 0.997. The smallest absolute Gasteiger partial charge is 0.252 e. The molecule has 456 valence electrons. The van der Waals surface area contributed by atoms with Gasteiger partial charge in [0.05, 0.1) is 56.9 Å². The lowest BCUT2D eigenvalue weighted by molar-refractivity contribution is 0.590. The van der Waals surface area contributed by atoms with Crippen molar-refractivity contribution in [1.82, 2.24) is 23.3 Å². The Morgan fingerprint density at radius 3 is 1.28 bits per heavy atom. The van der Waals surface area contributed by atoms with Gasteiger partial charge in [0, 0.05) is 76.4 Å². The lowest BCUT2D eigenvalue weighted by Gasteiger charge is -2.35. The number of aromatic nitrogens is 5. The molecule has 0 fully saturated rings. The summed E-state index contributed by atoms with van der Waals surface area (Å²) in [5.74, 6) is 0. The molecule has 97 heavy (non-hydrogen) atoms. The number of benzene rings is 14. The highest BCUT2D eigenvalue weighted by Gasteiger charge is 2.43. The third-order valence-corrected chi connectivity index (χ3v) is 22.1. The highest BCUT2D eigenvalue weighted by molar-refractivity contribution is 7.00. The summed E-state index contributed by atoms with van der Waals surface area (Å²) in [4.78, 5) is 5.39. The molecule has 2 aliphatic rings. The van der Waals surface area contributed by atoms with Crippen LogP contribution in [0.2, 0.25) is 0 Å². The number of hydrogen-bond donors (Lipinski definition) is 0. The molecule has 19 aromatic rings. The molecule has 21 rings (SSSR count). The number of hydrogen-bond acceptors (Lipinski definition) is 1. The summed E-state index contributed by atoms with van der Waals surface area (Å²) < 4.78 is 10.4. The van der Waals surface area contributed by atoms with Crippen LogP contribution in [-0.2, 0) is 10.8 Å². The summed E-state index contributed by atoms with van der Waals surface area (Å²) in [6.07, 6.45) is 4.27. The lowest BCUT2D eigenvalue weighted by Crippen LogP contribution is -2.59. The quantitative estimate of drug-likeness (QED) is 0.125. The van der Waals surface area contributed by atoms with Gasteiger partial charge in [-0.3, -0.25) is 4.98 Å². The molecule has 0 aliphatic carbocycles. The zero-order chi connectivity index (χ0) is 64.5. The molecule has 0 unspecified atom stereocenters. The van der Waals surface area contributed by atoms with Gasteiger partial charge in [-0.2, -0.15) is 0 Å². The molecular weight excluding hydrogens is 1170 g/mol. The minimum Gasteiger partial charge on any atom is -0.310 e. The molecule has 0 N–H and O–H groups in total. The molecule has 7 heterocycles. The first-order chi connectivity index (χ1) is 47.4. The molecule has 0 amide bonds. The maximum Gasteiger partial charge on any atom is 0.252 e. The number of pyridine rings is 1. The van der Waals surface area contributed by atoms with E-state index in [1.165, 1.54) is 159 Å². The predicted octanol–water partition coefficient (Wildman–Crippen LogP) is 21.7. The fourth-order valence-corrected chi connectivity index (χ4v) is 17.8. The van der Waals surface area contributed by atoms with Gasteiger partial charge in [-0.15, -0.1) is 0 Å². The van der Waals surface area contributed by atoms with E-state index in [0.29, 0.717) is 0 Å². The highest BCUT2D eigenvalue weighted by atomic mass is 15.1. The molecule has 6 heteroatoms. The summed E-state index contributed by atoms with van der Waals surface area (Å²) >= 11 is 0. The van der Waals surface area contributed by atoms with E-state index in [9.17, 15) is 0 Å². The van der Waals surface area contributed by atoms with E-state index in [0.717, 1.165) is 44.6 Å². The van der Waals surface area contributed by atoms with Gasteiger partial charge in [0.2, 0.25) is 0 Å². The van der Waals surface area contributed by atoms with E-state index in [1.807, 2.05) is 0 Å². The Kier molecular flexibility index (Phi) is 11.0. The van der Waals surface area contributed by atoms with Crippen LogP contribution >= 0.6 is 0 Å². The van der Waals surface area contributed by atoms with E-state index in [-0.39, 0.29) is 17.5 Å². The standard InChI is InChI=1S/C91H64BN5/c1-90(2,3)56-40-42-78-69(48-56)70-49-57(91(4,5)6)50-73-88(70)96(78)80-46-55(84-82(94-74-36-20-16-31-63(74)64-32-17-21-37-75(64)94)51-93-52-83(84)95-76-38-22-18-33-65(76)66-34-19-23-39-77(66)95)47-81-87(80)92(73)72-45-54(59-27-11-10-26-58(59)53-24-8-7-9-25-53)44-71-86-79(97(81)89(71)72)43-41-68-62-30-13-12-28-60(62)61-29-14-15-35-67(61)85(68)86/h7-52H,1-6H3. The van der Waals surface area contributed by atoms with Crippen molar-refractivity contribution in [2.45, 2.75) is 52.4 Å². The Hall–Kier alpha value is -11.7. The second kappa shape index (κ2) is 19.5. The van der Waals surface area contributed by atoms with Gasteiger partial charge in [0.15, 0.2) is 0 Å². The van der Waals surface area contributed by atoms with Gasteiger partial charge < -0.3 is 18.3 Å². The van der Waals surface area contributed by atoms with Crippen molar-refractivity contribution in [1.29, 1.82) is 0 Å². The fraction of sp³-hybridized carbons (Fsp3) is 0.0879. The normalized spacial score (nSPS) is 13.0. The van der Waals surface area contributed by atoms with Crippen LogP contribution in [0.5, 0.6) is 0 Å².